The van der Waals surface area contributed by atoms with Crippen molar-refractivity contribution in [3.63, 3.8) is 0 Å². The summed E-state index contributed by atoms with van der Waals surface area (Å²) in [5.41, 5.74) is 2.95. The highest BCUT2D eigenvalue weighted by Crippen LogP contribution is 2.13. The van der Waals surface area contributed by atoms with Crippen LogP contribution in [-0.4, -0.2) is 4.43 Å². The van der Waals surface area contributed by atoms with E-state index in [1.54, 1.807) is 0 Å². The summed E-state index contributed by atoms with van der Waals surface area (Å²) in [7, 11) is 0. The van der Waals surface area contributed by atoms with Gasteiger partial charge in [0.2, 0.25) is 0 Å². The van der Waals surface area contributed by atoms with Crippen LogP contribution < -0.4 is 0 Å². The summed E-state index contributed by atoms with van der Waals surface area (Å²) >= 11 is 2.42. The maximum atomic E-state index is 3.79. The highest BCUT2D eigenvalue weighted by Gasteiger charge is 1.93. The van der Waals surface area contributed by atoms with E-state index in [0.717, 1.165) is 6.42 Å². The molecule has 0 aliphatic heterocycles. The molecule has 0 saturated heterocycles. The third-order valence-corrected chi connectivity index (χ3v) is 2.59. The van der Waals surface area contributed by atoms with Gasteiger partial charge in [-0.2, -0.15) is 0 Å². The molecule has 0 amide bonds. The molecule has 0 aliphatic carbocycles. The monoisotopic (exact) mass is 304 g/mol. The smallest absolute Gasteiger partial charge is 0.00300 e. The van der Waals surface area contributed by atoms with E-state index in [9.17, 15) is 0 Å². The van der Waals surface area contributed by atoms with Gasteiger partial charge in [-0.15, -0.1) is 6.58 Å². The predicted molar refractivity (Wildman–Crippen MR) is 75.1 cm³/mol. The average Bonchev–Trinajstić information content (AvgIpc) is 2.13. The summed E-state index contributed by atoms with van der Waals surface area (Å²) in [6.45, 7) is 8.10. The van der Waals surface area contributed by atoms with Crippen LogP contribution >= 0.6 is 22.6 Å². The second kappa shape index (κ2) is 9.50. The number of hydrogen-bond donors (Lipinski definition) is 0. The first-order chi connectivity index (χ1) is 6.70. The van der Waals surface area contributed by atoms with Crippen LogP contribution in [0.5, 0.6) is 0 Å². The van der Waals surface area contributed by atoms with Crippen molar-refractivity contribution in [2.24, 2.45) is 0 Å². The Hall–Kier alpha value is -0.0500. The van der Waals surface area contributed by atoms with Crippen LogP contribution in [0.3, 0.4) is 0 Å². The maximum absolute atomic E-state index is 3.79. The van der Waals surface area contributed by atoms with Crippen molar-refractivity contribution in [3.8, 4) is 0 Å². The molecule has 0 atom stereocenters. The third-order valence-electron chi connectivity index (χ3n) is 1.97. The summed E-state index contributed by atoms with van der Waals surface area (Å²) in [6.07, 6.45) is 11.3. The molecule has 0 nitrogen and oxygen atoms in total. The predicted octanol–water partition coefficient (Wildman–Crippen LogP) is 5.06. The SMILES string of the molecule is C=CC/C(=C\CCI)CCC=C(C)C. The molecule has 14 heavy (non-hydrogen) atoms. The van der Waals surface area contributed by atoms with E-state index in [1.165, 1.54) is 34.8 Å². The molecule has 0 aliphatic rings. The van der Waals surface area contributed by atoms with Gasteiger partial charge in [0.25, 0.3) is 0 Å². The van der Waals surface area contributed by atoms with Gasteiger partial charge in [-0.1, -0.05) is 52.0 Å². The quantitative estimate of drug-likeness (QED) is 0.350. The van der Waals surface area contributed by atoms with Crippen LogP contribution in [0.4, 0.5) is 0 Å². The van der Waals surface area contributed by atoms with E-state index in [0.29, 0.717) is 0 Å². The van der Waals surface area contributed by atoms with E-state index in [2.05, 4.69) is 55.2 Å². The molecule has 0 aromatic heterocycles. The largest absolute Gasteiger partial charge is 0.103 e. The lowest BCUT2D eigenvalue weighted by Crippen LogP contribution is -1.83. The zero-order valence-corrected chi connectivity index (χ0v) is 11.5. The van der Waals surface area contributed by atoms with Crippen LogP contribution in [0, 0.1) is 0 Å². The standard InChI is InChI=1S/C13H21I/c1-4-7-13(10-6-11-14)9-5-8-12(2)3/h4,8,10H,1,5-7,9,11H2,2-3H3/b13-10+. The Labute approximate surface area is 102 Å². The number of allylic oxidation sites excluding steroid dienone is 5. The van der Waals surface area contributed by atoms with Gasteiger partial charge in [0.15, 0.2) is 0 Å². The van der Waals surface area contributed by atoms with Crippen molar-refractivity contribution >= 4 is 22.6 Å². The molecule has 0 aromatic rings. The summed E-state index contributed by atoms with van der Waals surface area (Å²) in [6, 6.07) is 0. The van der Waals surface area contributed by atoms with E-state index < -0.39 is 0 Å². The van der Waals surface area contributed by atoms with E-state index in [4.69, 9.17) is 0 Å². The second-order valence-electron chi connectivity index (χ2n) is 3.65. The van der Waals surface area contributed by atoms with Gasteiger partial charge in [0, 0.05) is 4.43 Å². The molecule has 80 valence electrons. The van der Waals surface area contributed by atoms with E-state index in [1.807, 2.05) is 6.08 Å². The first-order valence-corrected chi connectivity index (χ1v) is 6.71. The average molecular weight is 304 g/mol. The van der Waals surface area contributed by atoms with Gasteiger partial charge >= 0.3 is 0 Å². The molecule has 0 N–H and O–H groups in total. The Balaban J connectivity index is 3.96. The fourth-order valence-electron chi connectivity index (χ4n) is 1.28. The van der Waals surface area contributed by atoms with Crippen molar-refractivity contribution in [1.82, 2.24) is 0 Å². The van der Waals surface area contributed by atoms with Crippen LogP contribution in [0.15, 0.2) is 36.0 Å². The Kier molecular flexibility index (Phi) is 9.47. The second-order valence-corrected chi connectivity index (χ2v) is 4.73. The summed E-state index contributed by atoms with van der Waals surface area (Å²) in [5, 5.41) is 0. The summed E-state index contributed by atoms with van der Waals surface area (Å²) in [4.78, 5) is 0. The zero-order valence-electron chi connectivity index (χ0n) is 9.35. The normalized spacial score (nSPS) is 11.2. The van der Waals surface area contributed by atoms with Crippen LogP contribution in [0.2, 0.25) is 0 Å². The van der Waals surface area contributed by atoms with E-state index in [-0.39, 0.29) is 0 Å². The molecule has 0 aromatic carbocycles. The molecule has 0 bridgehead atoms. The molecule has 0 heterocycles. The Bertz CT molecular complexity index is 207. The van der Waals surface area contributed by atoms with Crippen LogP contribution in [0.1, 0.15) is 39.5 Å². The lowest BCUT2D eigenvalue weighted by atomic mass is 10.0. The fraction of sp³-hybridized carbons (Fsp3) is 0.538. The minimum Gasteiger partial charge on any atom is -0.103 e. The summed E-state index contributed by atoms with van der Waals surface area (Å²) in [5.74, 6) is 0. The lowest BCUT2D eigenvalue weighted by Gasteiger charge is -2.02. The van der Waals surface area contributed by atoms with Crippen LogP contribution in [-0.2, 0) is 0 Å². The highest BCUT2D eigenvalue weighted by atomic mass is 127. The van der Waals surface area contributed by atoms with Gasteiger partial charge in [-0.25, -0.2) is 0 Å². The van der Waals surface area contributed by atoms with Gasteiger partial charge < -0.3 is 0 Å². The molecule has 0 saturated carbocycles. The van der Waals surface area contributed by atoms with Gasteiger partial charge in [0.1, 0.15) is 0 Å². The first-order valence-electron chi connectivity index (χ1n) is 5.18. The molecule has 0 fully saturated rings. The Morgan fingerprint density at radius 2 is 1.93 bits per heavy atom. The molecule has 0 rings (SSSR count). The van der Waals surface area contributed by atoms with Crippen molar-refractivity contribution in [1.29, 1.82) is 0 Å². The van der Waals surface area contributed by atoms with Crippen molar-refractivity contribution in [2.75, 3.05) is 4.43 Å². The van der Waals surface area contributed by atoms with Crippen molar-refractivity contribution in [2.45, 2.75) is 39.5 Å². The zero-order chi connectivity index (χ0) is 10.8. The minimum atomic E-state index is 1.05. The maximum Gasteiger partial charge on any atom is 0.00300 e. The number of halogens is 1. The molecule has 1 heteroatoms. The number of alkyl halides is 1. The van der Waals surface area contributed by atoms with Gasteiger partial charge in [-0.05, 0) is 39.5 Å². The molecular weight excluding hydrogens is 283 g/mol. The van der Waals surface area contributed by atoms with Crippen LogP contribution in [0.25, 0.3) is 0 Å². The molecule has 0 radical (unpaired) electrons. The van der Waals surface area contributed by atoms with Crippen molar-refractivity contribution in [3.05, 3.63) is 36.0 Å². The Morgan fingerprint density at radius 3 is 2.43 bits per heavy atom. The number of rotatable bonds is 7. The summed E-state index contributed by atoms with van der Waals surface area (Å²) < 4.78 is 1.21. The number of hydrogen-bond acceptors (Lipinski definition) is 0. The molecule has 0 spiro atoms. The Morgan fingerprint density at radius 1 is 1.21 bits per heavy atom. The van der Waals surface area contributed by atoms with Gasteiger partial charge in [-0.3, -0.25) is 0 Å². The van der Waals surface area contributed by atoms with E-state index >= 15 is 0 Å². The first kappa shape index (κ1) is 13.9. The topological polar surface area (TPSA) is 0 Å². The highest BCUT2D eigenvalue weighted by molar-refractivity contribution is 14.1. The lowest BCUT2D eigenvalue weighted by molar-refractivity contribution is 0.920. The fourth-order valence-corrected chi connectivity index (χ4v) is 1.59. The van der Waals surface area contributed by atoms with Crippen molar-refractivity contribution < 1.29 is 0 Å². The molecular formula is C13H21I. The van der Waals surface area contributed by atoms with Gasteiger partial charge in [0.05, 0.1) is 0 Å². The molecule has 0 unspecified atom stereocenters. The third kappa shape index (κ3) is 8.54. The minimum absolute atomic E-state index is 1.05.